The molecule has 0 amide bonds. The van der Waals surface area contributed by atoms with Gasteiger partial charge in [0.1, 0.15) is 0 Å². The first-order valence-corrected chi connectivity index (χ1v) is 7.08. The van der Waals surface area contributed by atoms with Crippen LogP contribution in [0.5, 0.6) is 6.01 Å². The molecule has 6 heteroatoms. The number of nitrogens with one attached hydrogen (secondary N) is 2. The summed E-state index contributed by atoms with van der Waals surface area (Å²) in [5.41, 5.74) is 0. The zero-order valence-electron chi connectivity index (χ0n) is 11.9. The fourth-order valence-corrected chi connectivity index (χ4v) is 1.87. The highest BCUT2D eigenvalue weighted by Crippen LogP contribution is 2.26. The van der Waals surface area contributed by atoms with Crippen LogP contribution in [0.15, 0.2) is 0 Å². The number of hydrogen-bond donors (Lipinski definition) is 2. The number of aromatic nitrogens is 3. The van der Waals surface area contributed by atoms with E-state index in [-0.39, 0.29) is 6.10 Å². The van der Waals surface area contributed by atoms with Crippen LogP contribution in [0.2, 0.25) is 0 Å². The van der Waals surface area contributed by atoms with E-state index in [0.29, 0.717) is 17.9 Å². The van der Waals surface area contributed by atoms with Gasteiger partial charge in [0.05, 0.1) is 6.10 Å². The van der Waals surface area contributed by atoms with Crippen molar-refractivity contribution in [3.63, 3.8) is 0 Å². The molecule has 2 rings (SSSR count). The lowest BCUT2D eigenvalue weighted by Crippen LogP contribution is -2.22. The van der Waals surface area contributed by atoms with Crippen LogP contribution in [0.3, 0.4) is 0 Å². The molecule has 2 N–H and O–H groups in total. The van der Waals surface area contributed by atoms with E-state index in [1.54, 1.807) is 0 Å². The summed E-state index contributed by atoms with van der Waals surface area (Å²) in [6.45, 7) is 7.62. The predicted octanol–water partition coefficient (Wildman–Crippen LogP) is 2.30. The molecule has 1 aliphatic carbocycles. The Morgan fingerprint density at radius 3 is 2.37 bits per heavy atom. The number of hydrogen-bond acceptors (Lipinski definition) is 6. The van der Waals surface area contributed by atoms with E-state index in [4.69, 9.17) is 4.74 Å². The van der Waals surface area contributed by atoms with Gasteiger partial charge in [-0.15, -0.1) is 0 Å². The van der Waals surface area contributed by atoms with Crippen molar-refractivity contribution in [1.82, 2.24) is 15.0 Å². The lowest BCUT2D eigenvalue weighted by Gasteiger charge is -2.25. The van der Waals surface area contributed by atoms with Crippen LogP contribution < -0.4 is 15.4 Å². The number of ether oxygens (including phenoxy) is 1. The molecule has 19 heavy (non-hydrogen) atoms. The first kappa shape index (κ1) is 13.8. The summed E-state index contributed by atoms with van der Waals surface area (Å²) in [6, 6.07) is 0.372. The van der Waals surface area contributed by atoms with Crippen LogP contribution in [0.4, 0.5) is 11.9 Å². The van der Waals surface area contributed by atoms with E-state index in [2.05, 4.69) is 25.6 Å². The van der Waals surface area contributed by atoms with Gasteiger partial charge in [0.15, 0.2) is 0 Å². The molecule has 1 heterocycles. The normalized spacial score (nSPS) is 15.2. The lowest BCUT2D eigenvalue weighted by molar-refractivity contribution is 0.222. The molecule has 1 aromatic rings. The monoisotopic (exact) mass is 265 g/mol. The summed E-state index contributed by atoms with van der Waals surface area (Å²) >= 11 is 0. The zero-order chi connectivity index (χ0) is 13.7. The van der Waals surface area contributed by atoms with E-state index < -0.39 is 0 Å². The highest BCUT2D eigenvalue weighted by atomic mass is 16.5. The Kier molecular flexibility index (Phi) is 4.76. The van der Waals surface area contributed by atoms with E-state index in [9.17, 15) is 0 Å². The average Bonchev–Trinajstić information content (AvgIpc) is 2.26. The molecule has 6 nitrogen and oxygen atoms in total. The molecule has 0 aliphatic heterocycles. The third kappa shape index (κ3) is 4.22. The van der Waals surface area contributed by atoms with Crippen LogP contribution in [0, 0.1) is 5.92 Å². The Labute approximate surface area is 114 Å². The number of anilines is 2. The maximum Gasteiger partial charge on any atom is 0.323 e. The van der Waals surface area contributed by atoms with Gasteiger partial charge in [0, 0.05) is 13.1 Å². The lowest BCUT2D eigenvalue weighted by atomic mass is 9.85. The van der Waals surface area contributed by atoms with Gasteiger partial charge in [-0.2, -0.15) is 15.0 Å². The minimum absolute atomic E-state index is 0.0522. The second-order valence-corrected chi connectivity index (χ2v) is 5.14. The second kappa shape index (κ2) is 6.54. The quantitative estimate of drug-likeness (QED) is 0.788. The molecule has 1 aliphatic rings. The Morgan fingerprint density at radius 1 is 1.16 bits per heavy atom. The molecule has 0 spiro atoms. The zero-order valence-corrected chi connectivity index (χ0v) is 11.9. The van der Waals surface area contributed by atoms with Crippen molar-refractivity contribution < 1.29 is 4.74 Å². The highest BCUT2D eigenvalue weighted by Gasteiger charge is 2.17. The molecule has 0 unspecified atom stereocenters. The van der Waals surface area contributed by atoms with Crippen molar-refractivity contribution in [2.24, 2.45) is 5.92 Å². The molecule has 1 fully saturated rings. The van der Waals surface area contributed by atoms with Crippen molar-refractivity contribution in [3.05, 3.63) is 0 Å². The van der Waals surface area contributed by atoms with E-state index in [0.717, 1.165) is 19.0 Å². The molecule has 1 saturated carbocycles. The van der Waals surface area contributed by atoms with Gasteiger partial charge < -0.3 is 15.4 Å². The fourth-order valence-electron chi connectivity index (χ4n) is 1.87. The standard InChI is InChI=1S/C13H23N5O/c1-4-14-11-16-12(15-8-10-6-5-7-10)18-13(17-11)19-9(2)3/h9-10H,4-8H2,1-3H3,(H2,14,15,16,17,18). The molecule has 0 aromatic carbocycles. The average molecular weight is 265 g/mol. The number of nitrogens with zero attached hydrogens (tertiary/aromatic N) is 3. The summed E-state index contributed by atoms with van der Waals surface area (Å²) in [5.74, 6) is 1.91. The van der Waals surface area contributed by atoms with Gasteiger partial charge in [-0.05, 0) is 39.5 Å². The topological polar surface area (TPSA) is 72.0 Å². The maximum absolute atomic E-state index is 5.55. The first-order chi connectivity index (χ1) is 9.17. The van der Waals surface area contributed by atoms with Crippen LogP contribution in [0.1, 0.15) is 40.0 Å². The van der Waals surface area contributed by atoms with Gasteiger partial charge in [-0.3, -0.25) is 0 Å². The fraction of sp³-hybridized carbons (Fsp3) is 0.769. The van der Waals surface area contributed by atoms with Crippen molar-refractivity contribution in [1.29, 1.82) is 0 Å². The van der Waals surface area contributed by atoms with Crippen molar-refractivity contribution >= 4 is 11.9 Å². The van der Waals surface area contributed by atoms with Crippen LogP contribution >= 0.6 is 0 Å². The summed E-state index contributed by atoms with van der Waals surface area (Å²) in [5, 5.41) is 6.37. The van der Waals surface area contributed by atoms with E-state index >= 15 is 0 Å². The Balaban J connectivity index is 2.03. The molecular weight excluding hydrogens is 242 g/mol. The van der Waals surface area contributed by atoms with E-state index in [1.807, 2.05) is 20.8 Å². The van der Waals surface area contributed by atoms with Gasteiger partial charge in [-0.25, -0.2) is 0 Å². The summed E-state index contributed by atoms with van der Waals surface area (Å²) < 4.78 is 5.55. The molecule has 1 aromatic heterocycles. The SMILES string of the molecule is CCNc1nc(NCC2CCC2)nc(OC(C)C)n1. The van der Waals surface area contributed by atoms with E-state index in [1.165, 1.54) is 19.3 Å². The third-order valence-corrected chi connectivity index (χ3v) is 3.06. The molecule has 0 radical (unpaired) electrons. The minimum Gasteiger partial charge on any atom is -0.461 e. The molecular formula is C13H23N5O. The third-order valence-electron chi connectivity index (χ3n) is 3.06. The largest absolute Gasteiger partial charge is 0.461 e. The van der Waals surface area contributed by atoms with Crippen molar-refractivity contribution in [2.75, 3.05) is 23.7 Å². The Hall–Kier alpha value is -1.59. The van der Waals surface area contributed by atoms with Crippen LogP contribution in [-0.4, -0.2) is 34.1 Å². The summed E-state index contributed by atoms with van der Waals surface area (Å²) in [7, 11) is 0. The summed E-state index contributed by atoms with van der Waals surface area (Å²) in [6.07, 6.45) is 3.99. The molecule has 0 bridgehead atoms. The molecule has 0 saturated heterocycles. The van der Waals surface area contributed by atoms with Gasteiger partial charge in [0.25, 0.3) is 0 Å². The second-order valence-electron chi connectivity index (χ2n) is 5.14. The van der Waals surface area contributed by atoms with Gasteiger partial charge in [-0.1, -0.05) is 6.42 Å². The predicted molar refractivity (Wildman–Crippen MR) is 75.6 cm³/mol. The Bertz CT molecular complexity index is 406. The minimum atomic E-state index is 0.0522. The van der Waals surface area contributed by atoms with Crippen LogP contribution in [-0.2, 0) is 0 Å². The van der Waals surface area contributed by atoms with Crippen molar-refractivity contribution in [3.8, 4) is 6.01 Å². The Morgan fingerprint density at radius 2 is 1.84 bits per heavy atom. The smallest absolute Gasteiger partial charge is 0.323 e. The molecule has 106 valence electrons. The van der Waals surface area contributed by atoms with Gasteiger partial charge in [0.2, 0.25) is 11.9 Å². The maximum atomic E-state index is 5.55. The summed E-state index contributed by atoms with van der Waals surface area (Å²) in [4.78, 5) is 12.9. The highest BCUT2D eigenvalue weighted by molar-refractivity contribution is 5.35. The molecule has 0 atom stereocenters. The first-order valence-electron chi connectivity index (χ1n) is 7.08. The van der Waals surface area contributed by atoms with Crippen LogP contribution in [0.25, 0.3) is 0 Å². The number of rotatable bonds is 7. The van der Waals surface area contributed by atoms with Crippen molar-refractivity contribution in [2.45, 2.75) is 46.1 Å². The van der Waals surface area contributed by atoms with Gasteiger partial charge >= 0.3 is 6.01 Å².